The van der Waals surface area contributed by atoms with Crippen LogP contribution < -0.4 is 16.8 Å². The largest absolute Gasteiger partial charge is 0.444 e. The SMILES string of the molecule is CC(C)(C)OC(=O)Nc1ccc(-c2cccc(C(N)=O)c2)cc1N. The number of benzene rings is 2. The molecule has 0 radical (unpaired) electrons. The van der Waals surface area contributed by atoms with E-state index in [9.17, 15) is 9.59 Å². The summed E-state index contributed by atoms with van der Waals surface area (Å²) in [5, 5.41) is 2.61. The minimum absolute atomic E-state index is 0.392. The number of anilines is 2. The first-order valence-electron chi connectivity index (χ1n) is 7.45. The van der Waals surface area contributed by atoms with E-state index in [1.165, 1.54) is 0 Å². The van der Waals surface area contributed by atoms with Crippen molar-refractivity contribution in [3.05, 3.63) is 48.0 Å². The van der Waals surface area contributed by atoms with E-state index in [1.54, 1.807) is 57.2 Å². The molecule has 2 aromatic carbocycles. The molecule has 0 unspecified atom stereocenters. The third kappa shape index (κ3) is 4.49. The summed E-state index contributed by atoms with van der Waals surface area (Å²) >= 11 is 0. The molecule has 2 amide bonds. The Labute approximate surface area is 140 Å². The highest BCUT2D eigenvalue weighted by atomic mass is 16.6. The molecule has 0 fully saturated rings. The number of nitrogen functional groups attached to an aromatic ring is 1. The van der Waals surface area contributed by atoms with Gasteiger partial charge in [0.2, 0.25) is 5.91 Å². The van der Waals surface area contributed by atoms with Crippen LogP contribution in [0.25, 0.3) is 11.1 Å². The van der Waals surface area contributed by atoms with Gasteiger partial charge in [-0.25, -0.2) is 4.79 Å². The minimum Gasteiger partial charge on any atom is -0.444 e. The lowest BCUT2D eigenvalue weighted by molar-refractivity contribution is 0.0636. The second-order valence-corrected chi connectivity index (χ2v) is 6.37. The average Bonchev–Trinajstić information content (AvgIpc) is 2.47. The molecule has 0 aliphatic rings. The summed E-state index contributed by atoms with van der Waals surface area (Å²) in [4.78, 5) is 23.1. The van der Waals surface area contributed by atoms with Crippen molar-refractivity contribution in [1.29, 1.82) is 0 Å². The predicted molar refractivity (Wildman–Crippen MR) is 94.7 cm³/mol. The molecule has 126 valence electrons. The Morgan fingerprint density at radius 1 is 1.04 bits per heavy atom. The van der Waals surface area contributed by atoms with E-state index in [4.69, 9.17) is 16.2 Å². The number of rotatable bonds is 3. The Kier molecular flexibility index (Phi) is 4.78. The van der Waals surface area contributed by atoms with Crippen LogP contribution in [0, 0.1) is 0 Å². The van der Waals surface area contributed by atoms with Gasteiger partial charge in [0.1, 0.15) is 5.60 Å². The Morgan fingerprint density at radius 2 is 1.71 bits per heavy atom. The number of hydrogen-bond donors (Lipinski definition) is 3. The average molecular weight is 327 g/mol. The van der Waals surface area contributed by atoms with E-state index in [2.05, 4.69) is 5.32 Å². The number of primary amides is 1. The van der Waals surface area contributed by atoms with Crippen LogP contribution in [0.3, 0.4) is 0 Å². The topological polar surface area (TPSA) is 107 Å². The van der Waals surface area contributed by atoms with Crippen LogP contribution in [0.5, 0.6) is 0 Å². The number of ether oxygens (including phenoxy) is 1. The molecule has 0 atom stereocenters. The summed E-state index contributed by atoms with van der Waals surface area (Å²) in [5.41, 5.74) is 13.6. The zero-order valence-electron chi connectivity index (χ0n) is 13.9. The third-order valence-corrected chi connectivity index (χ3v) is 3.17. The fraction of sp³-hybridized carbons (Fsp3) is 0.222. The van der Waals surface area contributed by atoms with Crippen LogP contribution in [0.15, 0.2) is 42.5 Å². The molecule has 6 heteroatoms. The normalized spacial score (nSPS) is 11.0. The summed E-state index contributed by atoms with van der Waals surface area (Å²) < 4.78 is 5.20. The van der Waals surface area contributed by atoms with E-state index in [0.717, 1.165) is 11.1 Å². The molecular weight excluding hydrogens is 306 g/mol. The molecule has 0 saturated carbocycles. The van der Waals surface area contributed by atoms with Crippen molar-refractivity contribution in [2.24, 2.45) is 5.73 Å². The number of carbonyl (C=O) groups is 2. The Morgan fingerprint density at radius 3 is 2.29 bits per heavy atom. The second-order valence-electron chi connectivity index (χ2n) is 6.37. The summed E-state index contributed by atoms with van der Waals surface area (Å²) in [6.07, 6.45) is -0.572. The maximum atomic E-state index is 11.8. The second kappa shape index (κ2) is 6.62. The lowest BCUT2D eigenvalue weighted by Gasteiger charge is -2.20. The van der Waals surface area contributed by atoms with Gasteiger partial charge < -0.3 is 16.2 Å². The molecule has 0 aliphatic heterocycles. The van der Waals surface area contributed by atoms with Crippen LogP contribution in [0.4, 0.5) is 16.2 Å². The fourth-order valence-corrected chi connectivity index (χ4v) is 2.12. The molecule has 0 heterocycles. The highest BCUT2D eigenvalue weighted by Crippen LogP contribution is 2.28. The molecule has 2 aromatic rings. The summed E-state index contributed by atoms with van der Waals surface area (Å²) in [6.45, 7) is 5.35. The highest BCUT2D eigenvalue weighted by Gasteiger charge is 2.17. The molecular formula is C18H21N3O3. The van der Waals surface area contributed by atoms with Gasteiger partial charge in [0, 0.05) is 5.56 Å². The Balaban J connectivity index is 2.22. The first-order chi connectivity index (χ1) is 11.2. The van der Waals surface area contributed by atoms with Gasteiger partial charge in [-0.1, -0.05) is 18.2 Å². The van der Waals surface area contributed by atoms with Crippen molar-refractivity contribution >= 4 is 23.4 Å². The van der Waals surface area contributed by atoms with Crippen LogP contribution >= 0.6 is 0 Å². The van der Waals surface area contributed by atoms with Gasteiger partial charge in [-0.2, -0.15) is 0 Å². The molecule has 0 bridgehead atoms. The zero-order chi connectivity index (χ0) is 17.9. The summed E-state index contributed by atoms with van der Waals surface area (Å²) in [6, 6.07) is 12.1. The van der Waals surface area contributed by atoms with Crippen molar-refractivity contribution < 1.29 is 14.3 Å². The Hall–Kier alpha value is -3.02. The van der Waals surface area contributed by atoms with Crippen molar-refractivity contribution in [2.75, 3.05) is 11.1 Å². The van der Waals surface area contributed by atoms with Crippen molar-refractivity contribution in [1.82, 2.24) is 0 Å². The van der Waals surface area contributed by atoms with Crippen LogP contribution in [-0.4, -0.2) is 17.6 Å². The molecule has 2 rings (SSSR count). The van der Waals surface area contributed by atoms with Gasteiger partial charge in [0.05, 0.1) is 11.4 Å². The monoisotopic (exact) mass is 327 g/mol. The van der Waals surface area contributed by atoms with Crippen LogP contribution in [0.1, 0.15) is 31.1 Å². The molecule has 0 aromatic heterocycles. The first kappa shape index (κ1) is 17.3. The smallest absolute Gasteiger partial charge is 0.412 e. The predicted octanol–water partition coefficient (Wildman–Crippen LogP) is 3.38. The van der Waals surface area contributed by atoms with Gasteiger partial charge in [0.15, 0.2) is 0 Å². The third-order valence-electron chi connectivity index (χ3n) is 3.17. The zero-order valence-corrected chi connectivity index (χ0v) is 13.9. The number of amides is 2. The van der Waals surface area contributed by atoms with E-state index in [1.807, 2.05) is 6.07 Å². The van der Waals surface area contributed by atoms with Crippen molar-refractivity contribution in [2.45, 2.75) is 26.4 Å². The first-order valence-corrected chi connectivity index (χ1v) is 7.45. The fourth-order valence-electron chi connectivity index (χ4n) is 2.12. The minimum atomic E-state index is -0.589. The lowest BCUT2D eigenvalue weighted by Crippen LogP contribution is -2.27. The Bertz CT molecular complexity index is 779. The van der Waals surface area contributed by atoms with Gasteiger partial charge in [-0.15, -0.1) is 0 Å². The molecule has 5 N–H and O–H groups in total. The van der Waals surface area contributed by atoms with Crippen LogP contribution in [0.2, 0.25) is 0 Å². The number of hydrogen-bond acceptors (Lipinski definition) is 4. The van der Waals surface area contributed by atoms with Gasteiger partial charge >= 0.3 is 6.09 Å². The number of nitrogens with one attached hydrogen (secondary N) is 1. The number of carbonyl (C=O) groups excluding carboxylic acids is 2. The molecule has 0 spiro atoms. The lowest BCUT2D eigenvalue weighted by atomic mass is 10.0. The quantitative estimate of drug-likeness (QED) is 0.751. The van der Waals surface area contributed by atoms with Gasteiger partial charge in [-0.05, 0) is 56.2 Å². The van der Waals surface area contributed by atoms with Crippen LogP contribution in [-0.2, 0) is 4.74 Å². The van der Waals surface area contributed by atoms with Gasteiger partial charge in [-0.3, -0.25) is 10.1 Å². The van der Waals surface area contributed by atoms with E-state index >= 15 is 0 Å². The van der Waals surface area contributed by atoms with E-state index in [-0.39, 0.29) is 0 Å². The molecule has 0 saturated heterocycles. The maximum absolute atomic E-state index is 11.8. The molecule has 24 heavy (non-hydrogen) atoms. The summed E-state index contributed by atoms with van der Waals surface area (Å²) in [7, 11) is 0. The summed E-state index contributed by atoms with van der Waals surface area (Å²) in [5.74, 6) is -0.493. The van der Waals surface area contributed by atoms with E-state index < -0.39 is 17.6 Å². The standard InChI is InChI=1S/C18H21N3O3/c1-18(2,3)24-17(23)21-15-8-7-12(10-14(15)19)11-5-4-6-13(9-11)16(20)22/h4-10H,19H2,1-3H3,(H2,20,22)(H,21,23). The van der Waals surface area contributed by atoms with Crippen molar-refractivity contribution in [3.63, 3.8) is 0 Å². The molecule has 6 nitrogen and oxygen atoms in total. The maximum Gasteiger partial charge on any atom is 0.412 e. The van der Waals surface area contributed by atoms with E-state index in [0.29, 0.717) is 16.9 Å². The number of nitrogens with two attached hydrogens (primary N) is 2. The molecule has 0 aliphatic carbocycles. The van der Waals surface area contributed by atoms with Gasteiger partial charge in [0.25, 0.3) is 0 Å². The van der Waals surface area contributed by atoms with Crippen molar-refractivity contribution in [3.8, 4) is 11.1 Å². The highest BCUT2D eigenvalue weighted by molar-refractivity contribution is 5.94.